The maximum absolute atomic E-state index is 10.4. The first-order valence-electron chi connectivity index (χ1n) is 2.14. The number of H-pyrrole nitrogens is 1. The highest BCUT2D eigenvalue weighted by Gasteiger charge is 1.92. The molecule has 1 rings (SSSR count). The summed E-state index contributed by atoms with van der Waals surface area (Å²) < 4.78 is 0.229. The highest BCUT2D eigenvalue weighted by Crippen LogP contribution is 2.02. The Balaban J connectivity index is 3.33. The molecule has 0 radical (unpaired) electrons. The molecular weight excluding hydrogens is 188 g/mol. The summed E-state index contributed by atoms with van der Waals surface area (Å²) in [6.45, 7) is 0. The second kappa shape index (κ2) is 2.18. The van der Waals surface area contributed by atoms with Gasteiger partial charge in [-0.1, -0.05) is 0 Å². The van der Waals surface area contributed by atoms with Crippen molar-refractivity contribution in [3.05, 3.63) is 21.2 Å². The Morgan fingerprint density at radius 2 is 2.44 bits per heavy atom. The van der Waals surface area contributed by atoms with Crippen molar-refractivity contribution in [1.29, 1.82) is 0 Å². The zero-order valence-corrected chi connectivity index (χ0v) is 5.84. The number of aromatic amines is 1. The molecule has 0 saturated heterocycles. The second-order valence-corrected chi connectivity index (χ2v) is 2.15. The molecule has 4 nitrogen and oxygen atoms in total. The number of nitrogens with one attached hydrogen (secondary N) is 1. The molecule has 0 aromatic carbocycles. The number of nitrogens with zero attached hydrogens (tertiary/aromatic N) is 1. The van der Waals surface area contributed by atoms with Crippen LogP contribution in [0, 0.1) is 0 Å². The SMILES string of the molecule is O=c1cc(O)nc(Br)[nH]1. The highest BCUT2D eigenvalue weighted by molar-refractivity contribution is 9.10. The molecule has 1 aromatic rings. The van der Waals surface area contributed by atoms with Gasteiger partial charge in [-0.25, -0.2) is 0 Å². The molecule has 0 unspecified atom stereocenters. The minimum atomic E-state index is -0.380. The Morgan fingerprint density at radius 1 is 1.78 bits per heavy atom. The summed E-state index contributed by atoms with van der Waals surface area (Å²) in [5, 5.41) is 8.63. The predicted molar refractivity (Wildman–Crippen MR) is 34.2 cm³/mol. The van der Waals surface area contributed by atoms with E-state index in [4.69, 9.17) is 5.11 Å². The Bertz CT molecular complexity index is 246. The van der Waals surface area contributed by atoms with E-state index in [1.54, 1.807) is 0 Å². The Morgan fingerprint density at radius 3 is 2.89 bits per heavy atom. The lowest BCUT2D eigenvalue weighted by Crippen LogP contribution is -2.04. The Hall–Kier alpha value is -0.840. The summed E-state index contributed by atoms with van der Waals surface area (Å²) in [6.07, 6.45) is 0. The van der Waals surface area contributed by atoms with Crippen molar-refractivity contribution in [1.82, 2.24) is 9.97 Å². The molecule has 0 aliphatic heterocycles. The molecular formula is C4H3BrN2O2. The summed E-state index contributed by atoms with van der Waals surface area (Å²) in [5.74, 6) is -0.286. The zero-order chi connectivity index (χ0) is 6.85. The summed E-state index contributed by atoms with van der Waals surface area (Å²) in [6, 6.07) is 0.991. The van der Waals surface area contributed by atoms with Crippen molar-refractivity contribution >= 4 is 15.9 Å². The molecule has 48 valence electrons. The van der Waals surface area contributed by atoms with Crippen molar-refractivity contribution in [3.8, 4) is 5.88 Å². The molecule has 0 atom stereocenters. The lowest BCUT2D eigenvalue weighted by molar-refractivity contribution is 0.449. The van der Waals surface area contributed by atoms with Gasteiger partial charge in [0.1, 0.15) is 0 Å². The Labute approximate surface area is 58.7 Å². The summed E-state index contributed by atoms with van der Waals surface area (Å²) >= 11 is 2.89. The predicted octanol–water partition coefficient (Wildman–Crippen LogP) is 0.238. The number of halogens is 1. The summed E-state index contributed by atoms with van der Waals surface area (Å²) in [7, 11) is 0. The van der Waals surface area contributed by atoms with E-state index in [0.717, 1.165) is 6.07 Å². The molecule has 0 aliphatic rings. The largest absolute Gasteiger partial charge is 0.493 e. The van der Waals surface area contributed by atoms with Gasteiger partial charge in [0.2, 0.25) is 5.88 Å². The van der Waals surface area contributed by atoms with E-state index in [1.807, 2.05) is 0 Å². The van der Waals surface area contributed by atoms with Crippen LogP contribution in [-0.2, 0) is 0 Å². The number of aromatic hydroxyl groups is 1. The average molecular weight is 191 g/mol. The van der Waals surface area contributed by atoms with Gasteiger partial charge in [-0.05, 0) is 15.9 Å². The van der Waals surface area contributed by atoms with Crippen LogP contribution in [0.5, 0.6) is 5.88 Å². The molecule has 2 N–H and O–H groups in total. The van der Waals surface area contributed by atoms with Gasteiger partial charge in [0.15, 0.2) is 4.73 Å². The van der Waals surface area contributed by atoms with Crippen molar-refractivity contribution < 1.29 is 5.11 Å². The highest BCUT2D eigenvalue weighted by atomic mass is 79.9. The van der Waals surface area contributed by atoms with Gasteiger partial charge in [-0.2, -0.15) is 4.98 Å². The van der Waals surface area contributed by atoms with Crippen molar-refractivity contribution in [2.24, 2.45) is 0 Å². The molecule has 0 saturated carbocycles. The van der Waals surface area contributed by atoms with Gasteiger partial charge in [0.25, 0.3) is 5.56 Å². The second-order valence-electron chi connectivity index (χ2n) is 1.39. The van der Waals surface area contributed by atoms with Crippen molar-refractivity contribution in [3.63, 3.8) is 0 Å². The molecule has 9 heavy (non-hydrogen) atoms. The van der Waals surface area contributed by atoms with Crippen LogP contribution < -0.4 is 5.56 Å². The van der Waals surface area contributed by atoms with Gasteiger partial charge in [0, 0.05) is 0 Å². The van der Waals surface area contributed by atoms with E-state index >= 15 is 0 Å². The fraction of sp³-hybridized carbons (Fsp3) is 0. The van der Waals surface area contributed by atoms with Crippen LogP contribution in [0.15, 0.2) is 15.6 Å². The quantitative estimate of drug-likeness (QED) is 0.577. The number of aromatic nitrogens is 2. The van der Waals surface area contributed by atoms with E-state index in [-0.39, 0.29) is 16.2 Å². The average Bonchev–Trinajstić information content (AvgIpc) is 1.59. The molecule has 0 fully saturated rings. The normalized spacial score (nSPS) is 9.44. The van der Waals surface area contributed by atoms with Crippen molar-refractivity contribution in [2.75, 3.05) is 0 Å². The number of hydrogen-bond acceptors (Lipinski definition) is 3. The molecule has 0 amide bonds. The topological polar surface area (TPSA) is 66.0 Å². The van der Waals surface area contributed by atoms with Crippen LogP contribution in [0.4, 0.5) is 0 Å². The molecule has 0 aliphatic carbocycles. The lowest BCUT2D eigenvalue weighted by atomic mass is 10.6. The summed E-state index contributed by atoms with van der Waals surface area (Å²) in [4.78, 5) is 16.2. The standard InChI is InChI=1S/C4H3BrN2O2/c5-4-6-2(8)1-3(9)7-4/h1H,(H2,6,7,8,9). The van der Waals surface area contributed by atoms with Crippen LogP contribution in [0.2, 0.25) is 0 Å². The Kier molecular flexibility index (Phi) is 1.52. The first-order chi connectivity index (χ1) is 4.18. The van der Waals surface area contributed by atoms with Crippen LogP contribution >= 0.6 is 15.9 Å². The van der Waals surface area contributed by atoms with Gasteiger partial charge >= 0.3 is 0 Å². The molecule has 0 bridgehead atoms. The fourth-order valence-corrected chi connectivity index (χ4v) is 0.793. The summed E-state index contributed by atoms with van der Waals surface area (Å²) in [5.41, 5.74) is -0.380. The van der Waals surface area contributed by atoms with Crippen LogP contribution in [-0.4, -0.2) is 15.1 Å². The van der Waals surface area contributed by atoms with Crippen molar-refractivity contribution in [2.45, 2.75) is 0 Å². The molecule has 1 aromatic heterocycles. The van der Waals surface area contributed by atoms with Crippen LogP contribution in [0.25, 0.3) is 0 Å². The molecule has 0 spiro atoms. The van der Waals surface area contributed by atoms with E-state index in [9.17, 15) is 4.79 Å². The third-order valence-corrected chi connectivity index (χ3v) is 1.07. The molecule has 1 heterocycles. The van der Waals surface area contributed by atoms with Gasteiger partial charge in [-0.15, -0.1) is 0 Å². The first-order valence-corrected chi connectivity index (χ1v) is 2.93. The first kappa shape index (κ1) is 6.28. The lowest BCUT2D eigenvalue weighted by Gasteiger charge is -1.88. The van der Waals surface area contributed by atoms with Gasteiger partial charge in [-0.3, -0.25) is 4.79 Å². The van der Waals surface area contributed by atoms with E-state index < -0.39 is 0 Å². The maximum atomic E-state index is 10.4. The third-order valence-electron chi connectivity index (χ3n) is 0.699. The number of rotatable bonds is 0. The maximum Gasteiger partial charge on any atom is 0.255 e. The number of hydrogen-bond donors (Lipinski definition) is 2. The third kappa shape index (κ3) is 1.53. The zero-order valence-electron chi connectivity index (χ0n) is 4.26. The minimum Gasteiger partial charge on any atom is -0.493 e. The molecule has 5 heteroatoms. The fourth-order valence-electron chi connectivity index (χ4n) is 0.416. The van der Waals surface area contributed by atoms with E-state index in [2.05, 4.69) is 25.9 Å². The smallest absolute Gasteiger partial charge is 0.255 e. The monoisotopic (exact) mass is 190 g/mol. The van der Waals surface area contributed by atoms with Gasteiger partial charge in [0.05, 0.1) is 6.07 Å². The van der Waals surface area contributed by atoms with Crippen LogP contribution in [0.3, 0.4) is 0 Å². The van der Waals surface area contributed by atoms with Crippen LogP contribution in [0.1, 0.15) is 0 Å². The van der Waals surface area contributed by atoms with Gasteiger partial charge < -0.3 is 10.1 Å². The minimum absolute atomic E-state index is 0.229. The van der Waals surface area contributed by atoms with E-state index in [0.29, 0.717) is 0 Å². The van der Waals surface area contributed by atoms with E-state index in [1.165, 1.54) is 0 Å².